The van der Waals surface area contributed by atoms with Gasteiger partial charge in [-0.15, -0.1) is 0 Å². The molecule has 1 aliphatic heterocycles. The maximum absolute atomic E-state index is 12.8. The van der Waals surface area contributed by atoms with Gasteiger partial charge in [0.25, 0.3) is 0 Å². The van der Waals surface area contributed by atoms with Gasteiger partial charge in [0.15, 0.2) is 9.84 Å². The van der Waals surface area contributed by atoms with Gasteiger partial charge in [0.2, 0.25) is 5.91 Å². The molecule has 1 amide bonds. The summed E-state index contributed by atoms with van der Waals surface area (Å²) in [5.41, 5.74) is 1.18. The van der Waals surface area contributed by atoms with Gasteiger partial charge in [-0.25, -0.2) is 8.42 Å². The Morgan fingerprint density at radius 1 is 1.21 bits per heavy atom. The summed E-state index contributed by atoms with van der Waals surface area (Å²) in [4.78, 5) is 14.8. The summed E-state index contributed by atoms with van der Waals surface area (Å²) in [5.74, 6) is 1.25. The smallest absolute Gasteiger partial charge is 0.225 e. The topological polar surface area (TPSA) is 54.5 Å². The minimum absolute atomic E-state index is 0.0232. The number of rotatable bonds is 6. The third-order valence-electron chi connectivity index (χ3n) is 5.17. The van der Waals surface area contributed by atoms with Gasteiger partial charge in [0, 0.05) is 19.0 Å². The molecule has 1 spiro atoms. The van der Waals surface area contributed by atoms with E-state index in [0.717, 1.165) is 32.4 Å². The van der Waals surface area contributed by atoms with E-state index in [-0.39, 0.29) is 28.7 Å². The van der Waals surface area contributed by atoms with Gasteiger partial charge < -0.3 is 4.90 Å². The van der Waals surface area contributed by atoms with Crippen LogP contribution in [0.1, 0.15) is 32.3 Å². The molecule has 1 heterocycles. The average molecular weight is 349 g/mol. The molecular formula is C19H27NO3S. The molecule has 2 aliphatic rings. The van der Waals surface area contributed by atoms with Gasteiger partial charge >= 0.3 is 0 Å². The molecule has 0 bridgehead atoms. The van der Waals surface area contributed by atoms with Crippen LogP contribution in [0.3, 0.4) is 0 Å². The summed E-state index contributed by atoms with van der Waals surface area (Å²) in [6.45, 7) is 5.77. The number of carbonyl (C=O) groups is 1. The van der Waals surface area contributed by atoms with Crippen LogP contribution in [0.2, 0.25) is 0 Å². The van der Waals surface area contributed by atoms with E-state index in [1.54, 1.807) is 0 Å². The summed E-state index contributed by atoms with van der Waals surface area (Å²) in [6.07, 6.45) is 2.38. The number of nitrogens with zero attached hydrogens (tertiary/aromatic N) is 1. The highest BCUT2D eigenvalue weighted by molar-refractivity contribution is 7.92. The quantitative estimate of drug-likeness (QED) is 0.793. The summed E-state index contributed by atoms with van der Waals surface area (Å²) < 4.78 is 22.8. The fourth-order valence-corrected chi connectivity index (χ4v) is 6.44. The minimum atomic E-state index is -2.81. The van der Waals surface area contributed by atoms with E-state index >= 15 is 0 Å². The maximum Gasteiger partial charge on any atom is 0.225 e. The zero-order valence-electron chi connectivity index (χ0n) is 14.6. The van der Waals surface area contributed by atoms with Crippen molar-refractivity contribution >= 4 is 15.7 Å². The third kappa shape index (κ3) is 3.82. The molecule has 0 radical (unpaired) electrons. The first kappa shape index (κ1) is 17.5. The number of hydrogen-bond acceptors (Lipinski definition) is 3. The van der Waals surface area contributed by atoms with E-state index < -0.39 is 9.84 Å². The lowest BCUT2D eigenvalue weighted by Crippen LogP contribution is -2.59. The third-order valence-corrected chi connectivity index (χ3v) is 7.28. The number of carbonyl (C=O) groups excluding carboxylic acids is 1. The summed E-state index contributed by atoms with van der Waals surface area (Å²) >= 11 is 0. The number of amides is 1. The van der Waals surface area contributed by atoms with Crippen molar-refractivity contribution in [3.8, 4) is 0 Å². The highest BCUT2D eigenvalue weighted by atomic mass is 32.2. The van der Waals surface area contributed by atoms with Gasteiger partial charge in [0.05, 0.1) is 11.5 Å². The Bertz CT molecular complexity index is 677. The molecule has 1 saturated heterocycles. The average Bonchev–Trinajstić information content (AvgIpc) is 2.46. The Morgan fingerprint density at radius 2 is 1.83 bits per heavy atom. The van der Waals surface area contributed by atoms with Crippen molar-refractivity contribution in [2.24, 2.45) is 17.3 Å². The molecule has 1 aromatic carbocycles. The van der Waals surface area contributed by atoms with Crippen molar-refractivity contribution in [1.82, 2.24) is 4.90 Å². The van der Waals surface area contributed by atoms with Crippen LogP contribution in [0.5, 0.6) is 0 Å². The zero-order valence-corrected chi connectivity index (χ0v) is 15.4. The van der Waals surface area contributed by atoms with Crippen LogP contribution in [-0.2, 0) is 21.1 Å². The predicted molar refractivity (Wildman–Crippen MR) is 95.4 cm³/mol. The van der Waals surface area contributed by atoms with Crippen molar-refractivity contribution in [2.75, 3.05) is 24.6 Å². The number of benzene rings is 1. The molecule has 2 fully saturated rings. The van der Waals surface area contributed by atoms with Crippen molar-refractivity contribution < 1.29 is 13.2 Å². The van der Waals surface area contributed by atoms with Crippen molar-refractivity contribution in [3.63, 3.8) is 0 Å². The maximum atomic E-state index is 12.8. The molecule has 5 heteroatoms. The molecule has 4 nitrogen and oxygen atoms in total. The van der Waals surface area contributed by atoms with Gasteiger partial charge in [-0.05, 0) is 36.2 Å². The Hall–Kier alpha value is -1.36. The standard InChI is InChI=1S/C19H27NO3S/c1-15(2)12-20(9-8-16-6-4-3-5-7-16)18(21)17-10-19(11-17)13-24(22,23)14-19/h3-7,15,17H,8-14H2,1-2H3. The predicted octanol–water partition coefficient (Wildman–Crippen LogP) is 2.54. The largest absolute Gasteiger partial charge is 0.342 e. The highest BCUT2D eigenvalue weighted by Crippen LogP contribution is 2.53. The number of hydrogen-bond donors (Lipinski definition) is 0. The van der Waals surface area contributed by atoms with Crippen LogP contribution in [0.25, 0.3) is 0 Å². The normalized spacial score (nSPS) is 21.3. The Morgan fingerprint density at radius 3 is 2.38 bits per heavy atom. The number of sulfone groups is 1. The fourth-order valence-electron chi connectivity index (χ4n) is 4.19. The molecule has 0 unspecified atom stereocenters. The van der Waals surface area contributed by atoms with E-state index in [4.69, 9.17) is 0 Å². The monoisotopic (exact) mass is 349 g/mol. The fraction of sp³-hybridized carbons (Fsp3) is 0.632. The second-order valence-electron chi connectivity index (χ2n) is 8.05. The second kappa shape index (κ2) is 6.51. The SMILES string of the molecule is CC(C)CN(CCc1ccccc1)C(=O)C1CC2(C1)CS(=O)(=O)C2. The first-order valence-electron chi connectivity index (χ1n) is 8.82. The van der Waals surface area contributed by atoms with E-state index in [1.807, 2.05) is 23.1 Å². The molecule has 0 N–H and O–H groups in total. The molecule has 1 saturated carbocycles. The Kier molecular flexibility index (Phi) is 4.73. The van der Waals surface area contributed by atoms with Crippen molar-refractivity contribution in [3.05, 3.63) is 35.9 Å². The lowest BCUT2D eigenvalue weighted by molar-refractivity contribution is -0.143. The van der Waals surface area contributed by atoms with Crippen LogP contribution >= 0.6 is 0 Å². The van der Waals surface area contributed by atoms with Gasteiger partial charge in [-0.1, -0.05) is 44.2 Å². The van der Waals surface area contributed by atoms with E-state index in [2.05, 4.69) is 26.0 Å². The molecular weight excluding hydrogens is 322 g/mol. The highest BCUT2D eigenvalue weighted by Gasteiger charge is 2.58. The van der Waals surface area contributed by atoms with E-state index in [9.17, 15) is 13.2 Å². The second-order valence-corrected chi connectivity index (χ2v) is 10.1. The van der Waals surface area contributed by atoms with Crippen LogP contribution < -0.4 is 0 Å². The summed E-state index contributed by atoms with van der Waals surface area (Å²) in [5, 5.41) is 0. The van der Waals surface area contributed by atoms with Gasteiger partial charge in [0.1, 0.15) is 0 Å². The molecule has 1 aromatic rings. The Balaban J connectivity index is 1.56. The van der Waals surface area contributed by atoms with Gasteiger partial charge in [-0.2, -0.15) is 0 Å². The van der Waals surface area contributed by atoms with Crippen molar-refractivity contribution in [2.45, 2.75) is 33.1 Å². The van der Waals surface area contributed by atoms with E-state index in [1.165, 1.54) is 5.56 Å². The molecule has 3 rings (SSSR count). The van der Waals surface area contributed by atoms with Crippen LogP contribution in [0.4, 0.5) is 0 Å². The molecule has 0 atom stereocenters. The Labute approximate surface area is 145 Å². The van der Waals surface area contributed by atoms with Crippen LogP contribution in [0, 0.1) is 17.3 Å². The van der Waals surface area contributed by atoms with E-state index in [0.29, 0.717) is 5.92 Å². The lowest BCUT2D eigenvalue weighted by Gasteiger charge is -2.53. The molecule has 1 aliphatic carbocycles. The molecule has 0 aromatic heterocycles. The minimum Gasteiger partial charge on any atom is -0.342 e. The zero-order chi connectivity index (χ0) is 17.4. The van der Waals surface area contributed by atoms with Gasteiger partial charge in [-0.3, -0.25) is 4.79 Å². The summed E-state index contributed by atoms with van der Waals surface area (Å²) in [6, 6.07) is 10.2. The van der Waals surface area contributed by atoms with Crippen LogP contribution in [-0.4, -0.2) is 43.8 Å². The first-order chi connectivity index (χ1) is 11.3. The first-order valence-corrected chi connectivity index (χ1v) is 10.6. The van der Waals surface area contributed by atoms with Crippen molar-refractivity contribution in [1.29, 1.82) is 0 Å². The molecule has 24 heavy (non-hydrogen) atoms. The summed E-state index contributed by atoms with van der Waals surface area (Å²) in [7, 11) is -2.81. The molecule has 132 valence electrons. The lowest BCUT2D eigenvalue weighted by atomic mass is 9.63. The van der Waals surface area contributed by atoms with Crippen LogP contribution in [0.15, 0.2) is 30.3 Å².